The Kier molecular flexibility index (Phi) is 13.2. The number of ketones is 1. The quantitative estimate of drug-likeness (QED) is 0.109. The molecule has 0 spiro atoms. The summed E-state index contributed by atoms with van der Waals surface area (Å²) in [5.74, 6) is 0.0567. The number of alkyl halides is 1. The van der Waals surface area contributed by atoms with Crippen molar-refractivity contribution < 1.29 is 14.3 Å². The number of amides is 1. The first-order chi connectivity index (χ1) is 22.6. The van der Waals surface area contributed by atoms with Crippen LogP contribution in [0.1, 0.15) is 67.9 Å². The Labute approximate surface area is 308 Å². The summed E-state index contributed by atoms with van der Waals surface area (Å²) in [4.78, 5) is 29.9. The van der Waals surface area contributed by atoms with Crippen LogP contribution in [0.2, 0.25) is 0 Å². The van der Waals surface area contributed by atoms with Crippen molar-refractivity contribution in [3.8, 4) is 11.3 Å². The number of hydrogen-bond acceptors (Lipinski definition) is 9. The van der Waals surface area contributed by atoms with Crippen molar-refractivity contribution in [2.45, 2.75) is 64.1 Å². The van der Waals surface area contributed by atoms with Gasteiger partial charge in [-0.3, -0.25) is 9.69 Å². The van der Waals surface area contributed by atoms with Crippen molar-refractivity contribution >= 4 is 84.4 Å². The first kappa shape index (κ1) is 37.6. The average Bonchev–Trinajstić information content (AvgIpc) is 3.89. The number of halogens is 2. The second-order valence-corrected chi connectivity index (χ2v) is 14.1. The van der Waals surface area contributed by atoms with Gasteiger partial charge in [0, 0.05) is 29.9 Å². The average molecular weight is 821 g/mol. The molecule has 3 N–H and O–H groups in total. The zero-order valence-electron chi connectivity index (χ0n) is 27.0. The Bertz CT molecular complexity index is 1840. The second-order valence-electron chi connectivity index (χ2n) is 12.2. The van der Waals surface area contributed by atoms with Crippen LogP contribution >= 0.6 is 56.5 Å². The molecule has 256 valence electrons. The molecule has 0 aromatic carbocycles. The Morgan fingerprint density at radius 3 is 2.40 bits per heavy atom. The van der Waals surface area contributed by atoms with Crippen molar-refractivity contribution in [2.24, 2.45) is 5.73 Å². The van der Waals surface area contributed by atoms with Gasteiger partial charge in [0.15, 0.2) is 5.78 Å². The molecule has 48 heavy (non-hydrogen) atoms. The Morgan fingerprint density at radius 1 is 1.06 bits per heavy atom. The topological polar surface area (TPSA) is 132 Å². The molecule has 2 aliphatic rings. The lowest BCUT2D eigenvalue weighted by Crippen LogP contribution is -2.45. The van der Waals surface area contributed by atoms with Gasteiger partial charge >= 0.3 is 6.09 Å². The fourth-order valence-electron chi connectivity index (χ4n) is 5.42. The normalized spacial score (nSPS) is 17.2. The number of hydrogen-bond donors (Lipinski definition) is 2. The number of ether oxygens (including phenoxy) is 1. The molecule has 0 radical (unpaired) electrons. The van der Waals surface area contributed by atoms with Gasteiger partial charge in [-0.25, -0.2) is 18.8 Å². The van der Waals surface area contributed by atoms with Crippen molar-refractivity contribution in [1.82, 2.24) is 34.4 Å². The molecule has 0 aliphatic carbocycles. The molecule has 5 aromatic heterocycles. The smallest absolute Gasteiger partial charge is 0.410 e. The maximum Gasteiger partial charge on any atom is 0.410 e. The predicted molar refractivity (Wildman–Crippen MR) is 203 cm³/mol. The maximum atomic E-state index is 11.8. The molecule has 5 aromatic rings. The first-order valence-corrected chi connectivity index (χ1v) is 17.9. The van der Waals surface area contributed by atoms with Gasteiger partial charge in [0.25, 0.3) is 0 Å². The molecule has 7 rings (SSSR count). The van der Waals surface area contributed by atoms with Crippen molar-refractivity contribution in [3.05, 3.63) is 77.1 Å². The van der Waals surface area contributed by atoms with Gasteiger partial charge in [-0.05, 0) is 77.3 Å². The van der Waals surface area contributed by atoms with E-state index in [9.17, 15) is 9.59 Å². The lowest BCUT2D eigenvalue weighted by atomic mass is 10.2. The largest absolute Gasteiger partial charge is 0.444 e. The van der Waals surface area contributed by atoms with Crippen molar-refractivity contribution in [3.63, 3.8) is 0 Å². The summed E-state index contributed by atoms with van der Waals surface area (Å²) in [5.41, 5.74) is 9.88. The monoisotopic (exact) mass is 818 g/mol. The van der Waals surface area contributed by atoms with Gasteiger partial charge in [0.2, 0.25) is 0 Å². The lowest BCUT2D eigenvalue weighted by molar-refractivity contribution is 0.0266. The SMILES string of the molecule is Br.CC(C)(C)OC(=O)N1CCC[C@H]1C(N)=S.O=C(CBr)c1cnn2ccccc12.c1ccn2ncc(-c3csc([C@@H]4CCCN4)n3)c2c1. The summed E-state index contributed by atoms with van der Waals surface area (Å²) in [5, 5.41) is 15.6. The Morgan fingerprint density at radius 2 is 1.75 bits per heavy atom. The predicted octanol–water partition coefficient (Wildman–Crippen LogP) is 7.04. The molecule has 7 heterocycles. The third kappa shape index (κ3) is 9.26. The summed E-state index contributed by atoms with van der Waals surface area (Å²) in [6.45, 7) is 7.32. The standard InChI is InChI=1S/C14H14N4S.C10H18N2O2S.C9H7BrN2O.BrH/c1-2-7-18-13(5-1)10(8-16-18)12-9-19-14(17-12)11-4-3-6-15-11;1-10(2,3)14-9(13)12-6-4-5-7(12)8(11)15;10-5-9(13)7-6-11-12-4-2-1-3-8(7)12;/h1-2,5,7-9,11,15H,3-4,6H2;7H,4-6H2,1-3H3,(H2,11,15);1-4,6H,5H2;1H/t11-;7-;;/m00../s1. The summed E-state index contributed by atoms with van der Waals surface area (Å²) >= 11 is 9.80. The van der Waals surface area contributed by atoms with Crippen LogP contribution in [0.3, 0.4) is 0 Å². The van der Waals surface area contributed by atoms with E-state index in [0.717, 1.165) is 41.7 Å². The molecular formula is C33H40Br2N8O3S2. The molecule has 11 nitrogen and oxygen atoms in total. The zero-order valence-corrected chi connectivity index (χ0v) is 32.0. The molecule has 0 bridgehead atoms. The van der Waals surface area contributed by atoms with E-state index in [1.165, 1.54) is 17.8 Å². The number of fused-ring (bicyclic) bond motifs is 2. The van der Waals surface area contributed by atoms with E-state index < -0.39 is 5.60 Å². The zero-order chi connectivity index (χ0) is 33.6. The Hall–Kier alpha value is -3.24. The van der Waals surface area contributed by atoms with Gasteiger partial charge in [-0.15, -0.1) is 28.3 Å². The van der Waals surface area contributed by atoms with Gasteiger partial charge in [-0.1, -0.05) is 40.3 Å². The van der Waals surface area contributed by atoms with Crippen LogP contribution in [0, 0.1) is 0 Å². The van der Waals surface area contributed by atoms with Crippen molar-refractivity contribution in [2.75, 3.05) is 18.4 Å². The molecule has 2 atom stereocenters. The first-order valence-electron chi connectivity index (χ1n) is 15.5. The molecule has 1 amide bonds. The lowest BCUT2D eigenvalue weighted by Gasteiger charge is -2.27. The number of carbonyl (C=O) groups excluding carboxylic acids is 2. The van der Waals surface area contributed by atoms with Crippen LogP contribution in [0.4, 0.5) is 4.79 Å². The number of thiazole rings is 1. The van der Waals surface area contributed by atoms with Gasteiger partial charge in [0.1, 0.15) is 10.6 Å². The molecular weight excluding hydrogens is 780 g/mol. The van der Waals surface area contributed by atoms with Crippen LogP contribution in [-0.4, -0.2) is 76.0 Å². The number of carbonyl (C=O) groups is 2. The number of rotatable bonds is 5. The van der Waals surface area contributed by atoms with E-state index in [4.69, 9.17) is 27.7 Å². The minimum atomic E-state index is -0.472. The van der Waals surface area contributed by atoms with E-state index in [0.29, 0.717) is 28.5 Å². The van der Waals surface area contributed by atoms with E-state index in [1.807, 2.05) is 74.2 Å². The number of nitrogens with one attached hydrogen (secondary N) is 1. The molecule has 0 saturated carbocycles. The number of thiocarbonyl (C=S) groups is 1. The number of likely N-dealkylation sites (tertiary alicyclic amines) is 1. The third-order valence-electron chi connectivity index (χ3n) is 7.64. The van der Waals surface area contributed by atoms with Crippen LogP contribution in [0.25, 0.3) is 22.3 Å². The fourth-order valence-corrected chi connectivity index (χ4v) is 6.90. The number of aromatic nitrogens is 5. The molecule has 2 aliphatic heterocycles. The van der Waals surface area contributed by atoms with Crippen LogP contribution in [0.5, 0.6) is 0 Å². The molecule has 2 fully saturated rings. The second kappa shape index (κ2) is 16.9. The highest BCUT2D eigenvalue weighted by Crippen LogP contribution is 2.31. The maximum absolute atomic E-state index is 11.8. The number of pyridine rings is 2. The minimum absolute atomic E-state index is 0. The van der Waals surface area contributed by atoms with E-state index in [-0.39, 0.29) is 34.9 Å². The molecule has 0 unspecified atom stereocenters. The Balaban J connectivity index is 0.000000165. The van der Waals surface area contributed by atoms with Gasteiger partial charge in [-0.2, -0.15) is 10.2 Å². The van der Waals surface area contributed by atoms with Crippen LogP contribution in [-0.2, 0) is 4.74 Å². The summed E-state index contributed by atoms with van der Waals surface area (Å²) < 4.78 is 8.86. The van der Waals surface area contributed by atoms with Crippen LogP contribution in [0.15, 0.2) is 66.6 Å². The summed E-state index contributed by atoms with van der Waals surface area (Å²) in [6.07, 6.45) is 11.2. The van der Waals surface area contributed by atoms with Gasteiger partial charge in [0.05, 0.1) is 57.1 Å². The van der Waals surface area contributed by atoms with Crippen molar-refractivity contribution in [1.29, 1.82) is 0 Å². The number of nitrogens with zero attached hydrogens (tertiary/aromatic N) is 6. The van der Waals surface area contributed by atoms with E-state index in [1.54, 1.807) is 26.9 Å². The number of Topliss-reactive ketones (excluding diaryl/α,β-unsaturated/α-hetero) is 1. The third-order valence-corrected chi connectivity index (χ3v) is 9.38. The highest BCUT2D eigenvalue weighted by molar-refractivity contribution is 9.09. The van der Waals surface area contributed by atoms with Crippen LogP contribution < -0.4 is 11.1 Å². The highest BCUT2D eigenvalue weighted by atomic mass is 79.9. The summed E-state index contributed by atoms with van der Waals surface area (Å²) in [7, 11) is 0. The highest BCUT2D eigenvalue weighted by Gasteiger charge is 2.33. The summed E-state index contributed by atoms with van der Waals surface area (Å²) in [6, 6.07) is 12.1. The molecule has 15 heteroatoms. The molecule has 2 saturated heterocycles. The van der Waals surface area contributed by atoms with E-state index >= 15 is 0 Å². The van der Waals surface area contributed by atoms with Gasteiger partial charge < -0.3 is 15.8 Å². The van der Waals surface area contributed by atoms with E-state index in [2.05, 4.69) is 42.9 Å². The fraction of sp³-hybridized carbons (Fsp3) is 0.394. The minimum Gasteiger partial charge on any atom is -0.444 e. The number of nitrogens with two attached hydrogens (primary N) is 1.